The summed E-state index contributed by atoms with van der Waals surface area (Å²) in [7, 11) is -1.67. The molecule has 1 aliphatic rings. The lowest BCUT2D eigenvalue weighted by molar-refractivity contribution is -0.131. The molecule has 1 aromatic rings. The third-order valence-corrected chi connectivity index (χ3v) is 5.45. The van der Waals surface area contributed by atoms with Crippen LogP contribution < -0.4 is 5.32 Å². The van der Waals surface area contributed by atoms with Gasteiger partial charge in [0.05, 0.1) is 5.94 Å². The molecule has 166 valence electrons. The number of allylic oxidation sites excluding steroid dienone is 1. The predicted molar refractivity (Wildman–Crippen MR) is 119 cm³/mol. The first-order valence-corrected chi connectivity index (χ1v) is 10.9. The van der Waals surface area contributed by atoms with Crippen molar-refractivity contribution in [1.82, 2.24) is 10.2 Å². The van der Waals surface area contributed by atoms with E-state index in [4.69, 9.17) is 0 Å². The number of benzene rings is 1. The fraction of sp³-hybridized carbons (Fsp3) is 0.522. The molecular formula is C23H32BN3O4. The lowest BCUT2D eigenvalue weighted by atomic mass is 9.76. The molecule has 0 saturated carbocycles. The second kappa shape index (κ2) is 12.3. The Morgan fingerprint density at radius 1 is 1.29 bits per heavy atom. The molecule has 0 spiro atoms. The number of amides is 2. The molecule has 1 aromatic carbocycles. The van der Waals surface area contributed by atoms with E-state index in [0.717, 1.165) is 24.8 Å². The van der Waals surface area contributed by atoms with E-state index in [1.54, 1.807) is 11.0 Å². The van der Waals surface area contributed by atoms with Crippen LogP contribution in [-0.4, -0.2) is 52.4 Å². The van der Waals surface area contributed by atoms with Gasteiger partial charge in [-0.2, -0.15) is 5.26 Å². The molecule has 1 saturated heterocycles. The van der Waals surface area contributed by atoms with E-state index >= 15 is 0 Å². The van der Waals surface area contributed by atoms with Gasteiger partial charge in [-0.25, -0.2) is 0 Å². The summed E-state index contributed by atoms with van der Waals surface area (Å²) >= 11 is 0. The molecule has 8 heteroatoms. The Kier molecular flexibility index (Phi) is 9.76. The van der Waals surface area contributed by atoms with Crippen molar-refractivity contribution in [3.8, 4) is 6.07 Å². The highest BCUT2D eigenvalue weighted by molar-refractivity contribution is 6.43. The molecule has 1 unspecified atom stereocenters. The van der Waals surface area contributed by atoms with E-state index in [2.05, 4.69) is 5.32 Å². The molecule has 31 heavy (non-hydrogen) atoms. The molecule has 0 aromatic heterocycles. The minimum Gasteiger partial charge on any atom is -0.426 e. The molecule has 2 rings (SSSR count). The van der Waals surface area contributed by atoms with Crippen molar-refractivity contribution < 1.29 is 19.6 Å². The Hall–Kier alpha value is -2.63. The maximum absolute atomic E-state index is 12.9. The van der Waals surface area contributed by atoms with Gasteiger partial charge in [-0.15, -0.1) is 0 Å². The van der Waals surface area contributed by atoms with Crippen LogP contribution in [-0.2, 0) is 16.0 Å². The molecule has 1 fully saturated rings. The molecule has 2 atom stereocenters. The van der Waals surface area contributed by atoms with Gasteiger partial charge in [0.2, 0.25) is 5.91 Å². The second-order valence-electron chi connectivity index (χ2n) is 8.40. The van der Waals surface area contributed by atoms with Crippen LogP contribution in [0.5, 0.6) is 0 Å². The number of carbonyl (C=O) groups is 2. The highest BCUT2D eigenvalue weighted by Gasteiger charge is 2.30. The largest absolute Gasteiger partial charge is 0.475 e. The van der Waals surface area contributed by atoms with Gasteiger partial charge in [0, 0.05) is 19.0 Å². The summed E-state index contributed by atoms with van der Waals surface area (Å²) in [6.45, 7) is 4.42. The van der Waals surface area contributed by atoms with E-state index in [0.29, 0.717) is 19.4 Å². The normalized spacial score (nSPS) is 17.7. The third kappa shape index (κ3) is 7.85. The Bertz CT molecular complexity index is 805. The van der Waals surface area contributed by atoms with Gasteiger partial charge < -0.3 is 20.3 Å². The van der Waals surface area contributed by atoms with Crippen LogP contribution in [0.3, 0.4) is 0 Å². The van der Waals surface area contributed by atoms with E-state index in [9.17, 15) is 24.9 Å². The van der Waals surface area contributed by atoms with Gasteiger partial charge in [0.1, 0.15) is 11.6 Å². The van der Waals surface area contributed by atoms with Crippen LogP contribution in [0.2, 0.25) is 0 Å². The zero-order chi connectivity index (χ0) is 22.8. The number of nitriles is 1. The summed E-state index contributed by atoms with van der Waals surface area (Å²) in [5, 5.41) is 31.4. The summed E-state index contributed by atoms with van der Waals surface area (Å²) in [5.41, 5.74) is 1.05. The Labute approximate surface area is 184 Å². The zero-order valence-electron chi connectivity index (χ0n) is 18.3. The topological polar surface area (TPSA) is 114 Å². The molecular weight excluding hydrogens is 393 g/mol. The van der Waals surface area contributed by atoms with Crippen LogP contribution in [0.1, 0.15) is 51.5 Å². The summed E-state index contributed by atoms with van der Waals surface area (Å²) in [5.74, 6) is -1.27. The Morgan fingerprint density at radius 2 is 2.00 bits per heavy atom. The number of rotatable bonds is 9. The van der Waals surface area contributed by atoms with E-state index in [1.807, 2.05) is 50.2 Å². The van der Waals surface area contributed by atoms with Gasteiger partial charge in [-0.1, -0.05) is 50.3 Å². The van der Waals surface area contributed by atoms with Gasteiger partial charge in [-0.05, 0) is 43.6 Å². The van der Waals surface area contributed by atoms with Gasteiger partial charge >= 0.3 is 7.12 Å². The zero-order valence-corrected chi connectivity index (χ0v) is 18.3. The maximum atomic E-state index is 12.9. The first-order valence-electron chi connectivity index (χ1n) is 10.9. The summed E-state index contributed by atoms with van der Waals surface area (Å²) < 4.78 is 0. The van der Waals surface area contributed by atoms with Crippen molar-refractivity contribution in [2.45, 2.75) is 64.4 Å². The molecule has 0 bridgehead atoms. The standard InChI is InChI=1S/C23H32BN3O4/c1-17(2)14-19(16-25)23(29)27-13-7-6-10-20(27)11-12-22(28)26-21(24(30)31)15-18-8-4-3-5-9-18/h3-5,8-9,14,17,20-21,30-31H,6-7,10-13,15H2,1-2H3,(H,26,28)/t20?,21-/m0/s1. The van der Waals surface area contributed by atoms with Gasteiger partial charge in [0.15, 0.2) is 0 Å². The number of piperidine rings is 1. The Morgan fingerprint density at radius 3 is 2.61 bits per heavy atom. The van der Waals surface area contributed by atoms with Crippen LogP contribution >= 0.6 is 0 Å². The molecule has 3 N–H and O–H groups in total. The summed E-state index contributed by atoms with van der Waals surface area (Å²) in [6, 6.07) is 11.2. The summed E-state index contributed by atoms with van der Waals surface area (Å²) in [6.07, 6.45) is 5.26. The number of carbonyl (C=O) groups excluding carboxylic acids is 2. The number of nitrogens with zero attached hydrogens (tertiary/aromatic N) is 2. The van der Waals surface area contributed by atoms with Crippen LogP contribution in [0.15, 0.2) is 42.0 Å². The van der Waals surface area contributed by atoms with Crippen molar-refractivity contribution in [3.63, 3.8) is 0 Å². The van der Waals surface area contributed by atoms with Crippen molar-refractivity contribution in [2.75, 3.05) is 6.54 Å². The van der Waals surface area contributed by atoms with Crippen LogP contribution in [0.4, 0.5) is 0 Å². The average molecular weight is 425 g/mol. The maximum Gasteiger partial charge on any atom is 0.475 e. The smallest absolute Gasteiger partial charge is 0.426 e. The predicted octanol–water partition coefficient (Wildman–Crippen LogP) is 1.99. The Balaban J connectivity index is 1.96. The third-order valence-electron chi connectivity index (χ3n) is 5.45. The fourth-order valence-electron chi connectivity index (χ4n) is 3.89. The molecule has 1 aliphatic heterocycles. The highest BCUT2D eigenvalue weighted by atomic mass is 16.4. The number of hydrogen-bond acceptors (Lipinski definition) is 5. The molecule has 2 amide bonds. The van der Waals surface area contributed by atoms with Crippen molar-refractivity contribution in [1.29, 1.82) is 5.26 Å². The molecule has 1 heterocycles. The summed E-state index contributed by atoms with van der Waals surface area (Å²) in [4.78, 5) is 27.1. The van der Waals surface area contributed by atoms with Gasteiger partial charge in [0.25, 0.3) is 5.91 Å². The van der Waals surface area contributed by atoms with Crippen LogP contribution in [0.25, 0.3) is 0 Å². The molecule has 0 radical (unpaired) electrons. The monoisotopic (exact) mass is 425 g/mol. The molecule has 7 nitrogen and oxygen atoms in total. The molecule has 0 aliphatic carbocycles. The number of likely N-dealkylation sites (tertiary alicyclic amines) is 1. The average Bonchev–Trinajstić information content (AvgIpc) is 2.75. The lowest BCUT2D eigenvalue weighted by Gasteiger charge is -2.35. The number of hydrogen-bond donors (Lipinski definition) is 3. The van der Waals surface area contributed by atoms with Gasteiger partial charge in [-0.3, -0.25) is 9.59 Å². The van der Waals surface area contributed by atoms with E-state index < -0.39 is 13.1 Å². The highest BCUT2D eigenvalue weighted by Crippen LogP contribution is 2.23. The van der Waals surface area contributed by atoms with Crippen molar-refractivity contribution >= 4 is 18.9 Å². The SMILES string of the molecule is CC(C)C=C(C#N)C(=O)N1CCCCC1CCC(=O)N[C@@H](Cc1ccccc1)B(O)O. The fourth-order valence-corrected chi connectivity index (χ4v) is 3.89. The lowest BCUT2D eigenvalue weighted by Crippen LogP contribution is -2.48. The first-order chi connectivity index (χ1) is 14.8. The van der Waals surface area contributed by atoms with Crippen LogP contribution in [0, 0.1) is 17.2 Å². The second-order valence-corrected chi connectivity index (χ2v) is 8.40. The van der Waals surface area contributed by atoms with E-state index in [-0.39, 0.29) is 35.8 Å². The van der Waals surface area contributed by atoms with Crippen molar-refractivity contribution in [3.05, 3.63) is 47.5 Å². The minimum absolute atomic E-state index is 0.0964. The van der Waals surface area contributed by atoms with E-state index in [1.165, 1.54) is 0 Å². The minimum atomic E-state index is -1.67. The quantitative estimate of drug-likeness (QED) is 0.318. The first kappa shape index (κ1) is 24.6. The van der Waals surface area contributed by atoms with Crippen molar-refractivity contribution in [2.24, 2.45) is 5.92 Å². The number of nitrogens with one attached hydrogen (secondary N) is 1.